The molecule has 0 unspecified atom stereocenters. The van der Waals surface area contributed by atoms with Gasteiger partial charge < -0.3 is 24.2 Å². The molecule has 0 spiro atoms. The Morgan fingerprint density at radius 1 is 1.16 bits per heavy atom. The van der Waals surface area contributed by atoms with Crippen molar-refractivity contribution in [3.63, 3.8) is 0 Å². The van der Waals surface area contributed by atoms with Gasteiger partial charge in [0.2, 0.25) is 6.79 Å². The summed E-state index contributed by atoms with van der Waals surface area (Å²) in [6, 6.07) is 8.42. The summed E-state index contributed by atoms with van der Waals surface area (Å²) in [5.74, 6) is 1.45. The van der Waals surface area contributed by atoms with Gasteiger partial charge in [0.15, 0.2) is 11.5 Å². The molecule has 2 fully saturated rings. The van der Waals surface area contributed by atoms with Crippen LogP contribution < -0.4 is 9.47 Å². The molecule has 4 rings (SSSR count). The zero-order chi connectivity index (χ0) is 21.8. The van der Waals surface area contributed by atoms with Crippen molar-refractivity contribution in [2.45, 2.75) is 25.4 Å². The number of fused-ring (bicyclic) bond motifs is 1. The van der Waals surface area contributed by atoms with E-state index in [1.807, 2.05) is 19.2 Å². The van der Waals surface area contributed by atoms with E-state index >= 15 is 0 Å². The fourth-order valence-electron chi connectivity index (χ4n) is 4.40. The lowest BCUT2D eigenvalue weighted by molar-refractivity contribution is -0.128. The molecule has 0 aromatic heterocycles. The van der Waals surface area contributed by atoms with Crippen molar-refractivity contribution >= 4 is 5.91 Å². The number of nitrogens with zero attached hydrogens (tertiary/aromatic N) is 5. The highest BCUT2D eigenvalue weighted by Crippen LogP contribution is 2.32. The molecule has 1 amide bonds. The maximum Gasteiger partial charge on any atom is 0.265 e. The molecule has 0 atom stereocenters. The minimum Gasteiger partial charge on any atom is -0.454 e. The summed E-state index contributed by atoms with van der Waals surface area (Å²) in [6.45, 7) is 6.44. The lowest BCUT2D eigenvalue weighted by Gasteiger charge is -2.36. The monoisotopic (exact) mass is 425 g/mol. The molecule has 2 saturated heterocycles. The van der Waals surface area contributed by atoms with Crippen LogP contribution in [0.4, 0.5) is 0 Å². The molecule has 166 valence electrons. The van der Waals surface area contributed by atoms with Crippen molar-refractivity contribution in [3.8, 4) is 17.6 Å². The smallest absolute Gasteiger partial charge is 0.265 e. The van der Waals surface area contributed by atoms with E-state index in [1.165, 1.54) is 5.56 Å². The summed E-state index contributed by atoms with van der Waals surface area (Å²) >= 11 is 0. The second-order valence-corrected chi connectivity index (χ2v) is 8.60. The Labute approximate surface area is 184 Å². The Balaban J connectivity index is 1.30. The molecule has 0 saturated carbocycles. The van der Waals surface area contributed by atoms with Crippen molar-refractivity contribution in [3.05, 3.63) is 35.5 Å². The molecular formula is C23H31N5O3. The molecule has 8 nitrogen and oxygen atoms in total. The van der Waals surface area contributed by atoms with Gasteiger partial charge in [-0.1, -0.05) is 6.07 Å². The first-order valence-corrected chi connectivity index (χ1v) is 11.0. The average molecular weight is 426 g/mol. The third-order valence-electron chi connectivity index (χ3n) is 6.47. The van der Waals surface area contributed by atoms with Crippen molar-refractivity contribution in [2.24, 2.45) is 0 Å². The van der Waals surface area contributed by atoms with Crippen LogP contribution in [0.3, 0.4) is 0 Å². The molecule has 0 radical (unpaired) electrons. The second kappa shape index (κ2) is 9.58. The molecular weight excluding hydrogens is 394 g/mol. The van der Waals surface area contributed by atoms with E-state index in [2.05, 4.69) is 33.9 Å². The Kier molecular flexibility index (Phi) is 6.64. The summed E-state index contributed by atoms with van der Waals surface area (Å²) in [4.78, 5) is 21.4. The van der Waals surface area contributed by atoms with Gasteiger partial charge in [0.05, 0.1) is 0 Å². The van der Waals surface area contributed by atoms with E-state index in [1.54, 1.807) is 11.1 Å². The first-order valence-electron chi connectivity index (χ1n) is 11.0. The zero-order valence-corrected chi connectivity index (χ0v) is 18.4. The van der Waals surface area contributed by atoms with Crippen LogP contribution in [-0.2, 0) is 11.3 Å². The maximum atomic E-state index is 12.9. The number of carbonyl (C=O) groups is 1. The number of likely N-dealkylation sites (tertiary alicyclic amines) is 1. The standard InChI is InChI=1S/C23H31N5O3/c1-25-7-5-20(6-8-25)26(2)23(29)19(14-24)16-28-11-9-27(10-12-28)15-18-3-4-21-22(13-18)31-17-30-21/h3-4,13,16,20H,5-12,15,17H2,1-2H3/b19-16-. The summed E-state index contributed by atoms with van der Waals surface area (Å²) < 4.78 is 10.8. The normalized spacial score (nSPS) is 20.5. The lowest BCUT2D eigenvalue weighted by Crippen LogP contribution is -2.46. The fraction of sp³-hybridized carbons (Fsp3) is 0.565. The van der Waals surface area contributed by atoms with E-state index in [-0.39, 0.29) is 24.3 Å². The Hall–Kier alpha value is -2.76. The molecule has 0 N–H and O–H groups in total. The van der Waals surface area contributed by atoms with Gasteiger partial charge >= 0.3 is 0 Å². The van der Waals surface area contributed by atoms with Crippen LogP contribution >= 0.6 is 0 Å². The Morgan fingerprint density at radius 3 is 2.58 bits per heavy atom. The van der Waals surface area contributed by atoms with Crippen molar-refractivity contribution in [1.29, 1.82) is 5.26 Å². The number of carbonyl (C=O) groups excluding carboxylic acids is 1. The van der Waals surface area contributed by atoms with Crippen LogP contribution in [0.2, 0.25) is 0 Å². The topological polar surface area (TPSA) is 72.3 Å². The van der Waals surface area contributed by atoms with Crippen LogP contribution in [0, 0.1) is 11.3 Å². The number of nitriles is 1. The molecule has 3 aliphatic rings. The summed E-state index contributed by atoms with van der Waals surface area (Å²) in [5, 5.41) is 9.61. The van der Waals surface area contributed by atoms with E-state index in [0.29, 0.717) is 0 Å². The molecule has 31 heavy (non-hydrogen) atoms. The summed E-state index contributed by atoms with van der Waals surface area (Å²) in [5.41, 5.74) is 1.42. The number of ether oxygens (including phenoxy) is 2. The van der Waals surface area contributed by atoms with Gasteiger partial charge in [0, 0.05) is 52.0 Å². The number of likely N-dealkylation sites (N-methyl/N-ethyl adjacent to an activating group) is 1. The third-order valence-corrected chi connectivity index (χ3v) is 6.47. The molecule has 1 aromatic rings. The summed E-state index contributed by atoms with van der Waals surface area (Å²) in [7, 11) is 3.93. The number of piperazine rings is 1. The van der Waals surface area contributed by atoms with Gasteiger partial charge in [0.25, 0.3) is 5.91 Å². The van der Waals surface area contributed by atoms with Gasteiger partial charge in [0.1, 0.15) is 11.6 Å². The van der Waals surface area contributed by atoms with E-state index in [0.717, 1.165) is 70.2 Å². The highest BCUT2D eigenvalue weighted by molar-refractivity contribution is 5.97. The van der Waals surface area contributed by atoms with Crippen LogP contribution in [0.1, 0.15) is 18.4 Å². The number of rotatable bonds is 5. The predicted octanol–water partition coefficient (Wildman–Crippen LogP) is 1.49. The Morgan fingerprint density at radius 2 is 1.87 bits per heavy atom. The quantitative estimate of drug-likeness (QED) is 0.523. The van der Waals surface area contributed by atoms with Crippen molar-refractivity contribution < 1.29 is 14.3 Å². The van der Waals surface area contributed by atoms with Crippen molar-refractivity contribution in [1.82, 2.24) is 19.6 Å². The minimum atomic E-state index is -0.167. The first-order chi connectivity index (χ1) is 15.0. The minimum absolute atomic E-state index is 0.167. The molecule has 3 aliphatic heterocycles. The van der Waals surface area contributed by atoms with E-state index in [9.17, 15) is 10.1 Å². The Bertz CT molecular complexity index is 864. The van der Waals surface area contributed by atoms with Crippen molar-refractivity contribution in [2.75, 3.05) is 60.2 Å². The first kappa shape index (κ1) is 21.5. The lowest BCUT2D eigenvalue weighted by atomic mass is 10.0. The van der Waals surface area contributed by atoms with Gasteiger partial charge in [-0.2, -0.15) is 5.26 Å². The third kappa shape index (κ3) is 5.12. The number of amides is 1. The number of hydrogen-bond donors (Lipinski definition) is 0. The van der Waals surface area contributed by atoms with Crippen LogP contribution in [0.15, 0.2) is 30.0 Å². The number of piperidine rings is 1. The summed E-state index contributed by atoms with van der Waals surface area (Å²) in [6.07, 6.45) is 3.66. The SMILES string of the molecule is CN1CCC(N(C)C(=O)/C(C#N)=C\N2CCN(Cc3ccc4c(c3)OCO4)CC2)CC1. The van der Waals surface area contributed by atoms with Gasteiger partial charge in [-0.3, -0.25) is 9.69 Å². The molecule has 0 bridgehead atoms. The van der Waals surface area contributed by atoms with Gasteiger partial charge in [-0.15, -0.1) is 0 Å². The van der Waals surface area contributed by atoms with E-state index < -0.39 is 0 Å². The van der Waals surface area contributed by atoms with Crippen LogP contribution in [0.25, 0.3) is 0 Å². The highest BCUT2D eigenvalue weighted by atomic mass is 16.7. The maximum absolute atomic E-state index is 12.9. The molecule has 1 aromatic carbocycles. The molecule has 0 aliphatic carbocycles. The van der Waals surface area contributed by atoms with Gasteiger partial charge in [-0.25, -0.2) is 0 Å². The van der Waals surface area contributed by atoms with E-state index in [4.69, 9.17) is 9.47 Å². The van der Waals surface area contributed by atoms with Gasteiger partial charge in [-0.05, 0) is 50.7 Å². The zero-order valence-electron chi connectivity index (χ0n) is 18.4. The number of hydrogen-bond acceptors (Lipinski definition) is 7. The largest absolute Gasteiger partial charge is 0.454 e. The molecule has 8 heteroatoms. The molecule has 3 heterocycles. The highest BCUT2D eigenvalue weighted by Gasteiger charge is 2.27. The second-order valence-electron chi connectivity index (χ2n) is 8.60. The van der Waals surface area contributed by atoms with Crippen LogP contribution in [0.5, 0.6) is 11.5 Å². The number of benzene rings is 1. The van der Waals surface area contributed by atoms with Crippen LogP contribution in [-0.4, -0.2) is 91.7 Å². The predicted molar refractivity (Wildman–Crippen MR) is 116 cm³/mol. The fourth-order valence-corrected chi connectivity index (χ4v) is 4.40. The average Bonchev–Trinajstić information content (AvgIpc) is 3.26.